The van der Waals surface area contributed by atoms with E-state index in [1.807, 2.05) is 26.1 Å². The third-order valence-corrected chi connectivity index (χ3v) is 6.83. The first-order valence-electron chi connectivity index (χ1n) is 11.0. The van der Waals surface area contributed by atoms with E-state index in [-0.39, 0.29) is 6.61 Å². The van der Waals surface area contributed by atoms with Gasteiger partial charge in [0.2, 0.25) is 0 Å². The number of anilines is 2. The first kappa shape index (κ1) is 23.9. The van der Waals surface area contributed by atoms with Gasteiger partial charge in [0.25, 0.3) is 0 Å². The molecular formula is C24H30N6OS. The van der Waals surface area contributed by atoms with Crippen LogP contribution in [0.4, 0.5) is 11.5 Å². The molecular weight excluding hydrogens is 420 g/mol. The maximum Gasteiger partial charge on any atom is 0.148 e. The van der Waals surface area contributed by atoms with Gasteiger partial charge in [0.1, 0.15) is 23.0 Å². The minimum absolute atomic E-state index is 0.133. The summed E-state index contributed by atoms with van der Waals surface area (Å²) >= 11 is 1.55. The van der Waals surface area contributed by atoms with E-state index in [0.717, 1.165) is 42.7 Å². The molecule has 0 bridgehead atoms. The van der Waals surface area contributed by atoms with E-state index in [1.54, 1.807) is 11.8 Å². The highest BCUT2D eigenvalue weighted by atomic mass is 32.2. The van der Waals surface area contributed by atoms with Crippen molar-refractivity contribution in [2.45, 2.75) is 43.0 Å². The lowest BCUT2D eigenvalue weighted by Gasteiger charge is -2.34. The Bertz CT molecular complexity index is 988. The van der Waals surface area contributed by atoms with Crippen LogP contribution in [0.5, 0.6) is 0 Å². The van der Waals surface area contributed by atoms with Gasteiger partial charge < -0.3 is 20.6 Å². The second-order valence-corrected chi connectivity index (χ2v) is 8.68. The molecule has 2 heterocycles. The third kappa shape index (κ3) is 5.52. The number of benzene rings is 1. The molecule has 3 N–H and O–H groups in total. The third-order valence-electron chi connectivity index (χ3n) is 5.78. The number of nitrogens with zero attached hydrogens (tertiary/aromatic N) is 4. The maximum atomic E-state index is 9.92. The molecule has 1 saturated heterocycles. The Labute approximate surface area is 194 Å². The number of nitrogens with one attached hydrogen (secondary N) is 2. The van der Waals surface area contributed by atoms with Crippen LogP contribution >= 0.6 is 11.8 Å². The van der Waals surface area contributed by atoms with Crippen LogP contribution in [-0.2, 0) is 12.2 Å². The molecule has 0 radical (unpaired) electrons. The van der Waals surface area contributed by atoms with E-state index in [1.165, 1.54) is 0 Å². The summed E-state index contributed by atoms with van der Waals surface area (Å²) in [6.07, 6.45) is 2.46. The van der Waals surface area contributed by atoms with Crippen molar-refractivity contribution in [3.05, 3.63) is 46.5 Å². The van der Waals surface area contributed by atoms with E-state index in [2.05, 4.69) is 39.8 Å². The molecule has 0 aliphatic carbocycles. The van der Waals surface area contributed by atoms with Crippen LogP contribution in [0.15, 0.2) is 29.3 Å². The summed E-state index contributed by atoms with van der Waals surface area (Å²) in [6.45, 7) is 4.29. The lowest BCUT2D eigenvalue weighted by molar-refractivity contribution is 0.277. The van der Waals surface area contributed by atoms with E-state index >= 15 is 0 Å². The average molecular weight is 451 g/mol. The van der Waals surface area contributed by atoms with Crippen molar-refractivity contribution in [2.75, 3.05) is 43.5 Å². The van der Waals surface area contributed by atoms with Crippen molar-refractivity contribution in [3.8, 4) is 12.1 Å². The molecule has 1 fully saturated rings. The van der Waals surface area contributed by atoms with Gasteiger partial charge in [0.15, 0.2) is 0 Å². The van der Waals surface area contributed by atoms with Crippen LogP contribution in [0.25, 0.3) is 0 Å². The summed E-state index contributed by atoms with van der Waals surface area (Å²) in [6, 6.07) is 13.2. The number of aliphatic hydroxyl groups excluding tert-OH is 1. The molecule has 0 unspecified atom stereocenters. The smallest absolute Gasteiger partial charge is 0.148 e. The molecule has 1 aromatic heterocycles. The summed E-state index contributed by atoms with van der Waals surface area (Å²) in [7, 11) is 1.89. The van der Waals surface area contributed by atoms with E-state index in [4.69, 9.17) is 10.1 Å². The molecule has 0 spiro atoms. The SMILES string of the molecule is CCc1c(C#N)c(SCc2ccc(NC)cc2)nc(N2CCC(NCCO)CC2)c1C#N. The predicted octanol–water partition coefficient (Wildman–Crippen LogP) is 3.27. The standard InChI is InChI=1S/C24H30N6OS/c1-3-20-21(14-25)23(30-11-8-19(9-12-30)28-10-13-31)29-24(22(20)15-26)32-16-17-4-6-18(27-2)7-5-17/h4-7,19,27-28,31H,3,8-13,16H2,1-2H3. The minimum Gasteiger partial charge on any atom is -0.395 e. The molecule has 0 saturated carbocycles. The zero-order valence-electron chi connectivity index (χ0n) is 18.7. The van der Waals surface area contributed by atoms with Gasteiger partial charge in [0, 0.05) is 44.2 Å². The topological polar surface area (TPSA) is 108 Å². The molecule has 7 nitrogen and oxygen atoms in total. The maximum absolute atomic E-state index is 9.92. The zero-order chi connectivity index (χ0) is 22.9. The number of rotatable bonds is 9. The monoisotopic (exact) mass is 450 g/mol. The van der Waals surface area contributed by atoms with Crippen molar-refractivity contribution in [2.24, 2.45) is 0 Å². The fraction of sp³-hybridized carbons (Fsp3) is 0.458. The number of aromatic nitrogens is 1. The normalized spacial score (nSPS) is 14.1. The molecule has 1 aliphatic rings. The van der Waals surface area contributed by atoms with Gasteiger partial charge in [-0.25, -0.2) is 4.98 Å². The van der Waals surface area contributed by atoms with Gasteiger partial charge in [-0.15, -0.1) is 11.8 Å². The van der Waals surface area contributed by atoms with Crippen LogP contribution in [0.3, 0.4) is 0 Å². The highest BCUT2D eigenvalue weighted by molar-refractivity contribution is 7.98. The minimum atomic E-state index is 0.133. The van der Waals surface area contributed by atoms with E-state index < -0.39 is 0 Å². The van der Waals surface area contributed by atoms with Gasteiger partial charge in [-0.1, -0.05) is 19.1 Å². The Morgan fingerprint density at radius 2 is 1.84 bits per heavy atom. The summed E-state index contributed by atoms with van der Waals surface area (Å²) in [4.78, 5) is 7.02. The van der Waals surface area contributed by atoms with Crippen LogP contribution in [-0.4, -0.2) is 49.4 Å². The van der Waals surface area contributed by atoms with Gasteiger partial charge in [-0.3, -0.25) is 0 Å². The largest absolute Gasteiger partial charge is 0.395 e. The van der Waals surface area contributed by atoms with Crippen molar-refractivity contribution in [1.82, 2.24) is 10.3 Å². The Morgan fingerprint density at radius 1 is 1.16 bits per heavy atom. The number of nitriles is 2. The number of hydrogen-bond acceptors (Lipinski definition) is 8. The summed E-state index contributed by atoms with van der Waals surface area (Å²) in [5, 5.41) is 36.0. The lowest BCUT2D eigenvalue weighted by Crippen LogP contribution is -2.44. The van der Waals surface area contributed by atoms with Crippen LogP contribution in [0.2, 0.25) is 0 Å². The molecule has 1 aliphatic heterocycles. The number of hydrogen-bond donors (Lipinski definition) is 3. The molecule has 0 atom stereocenters. The summed E-state index contributed by atoms with van der Waals surface area (Å²) < 4.78 is 0. The predicted molar refractivity (Wildman–Crippen MR) is 129 cm³/mol. The Kier molecular flexibility index (Phi) is 8.75. The fourth-order valence-corrected chi connectivity index (χ4v) is 4.96. The highest BCUT2D eigenvalue weighted by Crippen LogP contribution is 2.34. The zero-order valence-corrected chi connectivity index (χ0v) is 19.5. The molecule has 1 aromatic carbocycles. The van der Waals surface area contributed by atoms with Crippen LogP contribution < -0.4 is 15.5 Å². The van der Waals surface area contributed by atoms with E-state index in [0.29, 0.717) is 46.7 Å². The summed E-state index contributed by atoms with van der Waals surface area (Å²) in [5.41, 5.74) is 4.03. The number of aliphatic hydroxyl groups is 1. The first-order chi connectivity index (χ1) is 15.6. The highest BCUT2D eigenvalue weighted by Gasteiger charge is 2.26. The molecule has 8 heteroatoms. The van der Waals surface area contributed by atoms with Gasteiger partial charge in [-0.2, -0.15) is 10.5 Å². The average Bonchev–Trinajstić information content (AvgIpc) is 2.85. The second-order valence-electron chi connectivity index (χ2n) is 7.72. The second kappa shape index (κ2) is 11.7. The van der Waals surface area contributed by atoms with Crippen molar-refractivity contribution < 1.29 is 5.11 Å². The molecule has 0 amide bonds. The molecule has 2 aromatic rings. The van der Waals surface area contributed by atoms with Gasteiger partial charge in [-0.05, 0) is 42.5 Å². The Balaban J connectivity index is 1.87. The number of thioether (sulfide) groups is 1. The van der Waals surface area contributed by atoms with Gasteiger partial charge >= 0.3 is 0 Å². The van der Waals surface area contributed by atoms with E-state index in [9.17, 15) is 10.5 Å². The Morgan fingerprint density at radius 3 is 2.41 bits per heavy atom. The number of piperidine rings is 1. The van der Waals surface area contributed by atoms with Crippen molar-refractivity contribution in [1.29, 1.82) is 10.5 Å². The first-order valence-corrected chi connectivity index (χ1v) is 12.0. The lowest BCUT2D eigenvalue weighted by atomic mass is 10.00. The number of pyridine rings is 1. The van der Waals surface area contributed by atoms with Crippen molar-refractivity contribution in [3.63, 3.8) is 0 Å². The quantitative estimate of drug-likeness (QED) is 0.500. The molecule has 3 rings (SSSR count). The fourth-order valence-electron chi connectivity index (χ4n) is 4.00. The van der Waals surface area contributed by atoms with Gasteiger partial charge in [0.05, 0.1) is 17.7 Å². The molecule has 168 valence electrons. The van der Waals surface area contributed by atoms with Crippen molar-refractivity contribution >= 4 is 23.3 Å². The van der Waals surface area contributed by atoms with Crippen LogP contribution in [0.1, 0.15) is 42.0 Å². The summed E-state index contributed by atoms with van der Waals surface area (Å²) in [5.74, 6) is 1.39. The molecule has 32 heavy (non-hydrogen) atoms. The van der Waals surface area contributed by atoms with Crippen LogP contribution in [0, 0.1) is 22.7 Å². The Hall–Kier alpha value is -2.78.